The number of pyridine rings is 2. The number of methoxy groups -OCH3 is 1. The SMILES string of the molecule is CCN(Cc1cncc(-c2cc(C(=O)OC)ccn2)c1C)B(C)O. The van der Waals surface area contributed by atoms with Crippen LogP contribution < -0.4 is 0 Å². The lowest BCUT2D eigenvalue weighted by molar-refractivity contribution is 0.0600. The Bertz CT molecular complexity index is 722. The maximum atomic E-state index is 11.7. The average Bonchev–Trinajstić information content (AvgIpc) is 2.60. The topological polar surface area (TPSA) is 75.6 Å². The second-order valence-electron chi connectivity index (χ2n) is 5.59. The van der Waals surface area contributed by atoms with Crippen LogP contribution in [0, 0.1) is 6.92 Å². The molecular formula is C17H22BN3O3. The number of esters is 1. The van der Waals surface area contributed by atoms with Crippen LogP contribution in [0.2, 0.25) is 6.82 Å². The summed E-state index contributed by atoms with van der Waals surface area (Å²) >= 11 is 0. The van der Waals surface area contributed by atoms with Crippen molar-refractivity contribution in [2.24, 2.45) is 0 Å². The van der Waals surface area contributed by atoms with Gasteiger partial charge in [-0.2, -0.15) is 0 Å². The van der Waals surface area contributed by atoms with Crippen LogP contribution in [0.3, 0.4) is 0 Å². The zero-order chi connectivity index (χ0) is 17.7. The van der Waals surface area contributed by atoms with Gasteiger partial charge in [0.2, 0.25) is 0 Å². The summed E-state index contributed by atoms with van der Waals surface area (Å²) in [6.45, 7) is 7.07. The van der Waals surface area contributed by atoms with Gasteiger partial charge in [-0.05, 0) is 43.6 Å². The number of hydrogen-bond donors (Lipinski definition) is 1. The lowest BCUT2D eigenvalue weighted by Gasteiger charge is -2.22. The Morgan fingerprint density at radius 1 is 1.42 bits per heavy atom. The van der Waals surface area contributed by atoms with Gasteiger partial charge in [0.1, 0.15) is 0 Å². The van der Waals surface area contributed by atoms with Crippen molar-refractivity contribution in [2.45, 2.75) is 27.2 Å². The van der Waals surface area contributed by atoms with Crippen molar-refractivity contribution < 1.29 is 14.6 Å². The third kappa shape index (κ3) is 3.99. The molecule has 2 aromatic heterocycles. The fourth-order valence-corrected chi connectivity index (χ4v) is 2.54. The predicted octanol–water partition coefficient (Wildman–Crippen LogP) is 2.17. The Hall–Kier alpha value is -2.25. The van der Waals surface area contributed by atoms with E-state index in [-0.39, 0.29) is 0 Å². The van der Waals surface area contributed by atoms with Crippen LogP contribution in [0.4, 0.5) is 0 Å². The summed E-state index contributed by atoms with van der Waals surface area (Å²) in [6, 6.07) is 3.32. The van der Waals surface area contributed by atoms with E-state index < -0.39 is 13.0 Å². The minimum Gasteiger partial charge on any atom is -0.465 e. The van der Waals surface area contributed by atoms with E-state index in [1.807, 2.05) is 18.7 Å². The lowest BCUT2D eigenvalue weighted by Crippen LogP contribution is -2.36. The molecule has 24 heavy (non-hydrogen) atoms. The number of carbonyl (C=O) groups excluding carboxylic acids is 1. The molecule has 0 aromatic carbocycles. The smallest absolute Gasteiger partial charge is 0.376 e. The third-order valence-corrected chi connectivity index (χ3v) is 4.08. The molecule has 0 aliphatic rings. The van der Waals surface area contributed by atoms with E-state index >= 15 is 0 Å². The zero-order valence-electron chi connectivity index (χ0n) is 14.5. The van der Waals surface area contributed by atoms with Crippen LogP contribution in [-0.4, -0.2) is 46.5 Å². The van der Waals surface area contributed by atoms with Gasteiger partial charge in [-0.1, -0.05) is 6.92 Å². The molecule has 0 aliphatic carbocycles. The van der Waals surface area contributed by atoms with Crippen LogP contribution in [-0.2, 0) is 11.3 Å². The van der Waals surface area contributed by atoms with E-state index in [0.717, 1.165) is 23.2 Å². The third-order valence-electron chi connectivity index (χ3n) is 4.08. The van der Waals surface area contributed by atoms with Crippen LogP contribution >= 0.6 is 0 Å². The summed E-state index contributed by atoms with van der Waals surface area (Å²) in [4.78, 5) is 22.3. The highest BCUT2D eigenvalue weighted by atomic mass is 16.5. The number of aromatic nitrogens is 2. The Balaban J connectivity index is 2.39. The molecule has 0 spiro atoms. The van der Waals surface area contributed by atoms with Gasteiger partial charge in [0.05, 0.1) is 18.4 Å². The first-order chi connectivity index (χ1) is 11.5. The standard InChI is InChI=1S/C17H22BN3O3/c1-5-21(18(3)23)11-14-9-19-10-15(12(14)2)16-8-13(6-7-20-16)17(22)24-4/h6-10,23H,5,11H2,1-4H3. The lowest BCUT2D eigenvalue weighted by atomic mass is 9.84. The number of hydrogen-bond acceptors (Lipinski definition) is 6. The summed E-state index contributed by atoms with van der Waals surface area (Å²) in [7, 11) is 0.824. The Kier molecular flexibility index (Phi) is 6.06. The van der Waals surface area contributed by atoms with E-state index in [1.165, 1.54) is 7.11 Å². The van der Waals surface area contributed by atoms with E-state index in [9.17, 15) is 9.82 Å². The van der Waals surface area contributed by atoms with Gasteiger partial charge in [0, 0.05) is 30.7 Å². The average molecular weight is 327 g/mol. The number of carbonyl (C=O) groups is 1. The first-order valence-corrected chi connectivity index (χ1v) is 7.88. The highest BCUT2D eigenvalue weighted by molar-refractivity contribution is 6.45. The minimum absolute atomic E-state index is 0.397. The van der Waals surface area contributed by atoms with Crippen molar-refractivity contribution in [1.29, 1.82) is 0 Å². The molecule has 2 rings (SSSR count). The fourth-order valence-electron chi connectivity index (χ4n) is 2.54. The number of rotatable bonds is 6. The molecule has 0 saturated carbocycles. The van der Waals surface area contributed by atoms with Crippen LogP contribution in [0.25, 0.3) is 11.3 Å². The van der Waals surface area contributed by atoms with Crippen molar-refractivity contribution in [1.82, 2.24) is 14.8 Å². The van der Waals surface area contributed by atoms with Gasteiger partial charge in [-0.15, -0.1) is 0 Å². The van der Waals surface area contributed by atoms with E-state index in [4.69, 9.17) is 4.74 Å². The van der Waals surface area contributed by atoms with Crippen molar-refractivity contribution in [3.05, 3.63) is 47.4 Å². The van der Waals surface area contributed by atoms with Crippen molar-refractivity contribution in [3.63, 3.8) is 0 Å². The van der Waals surface area contributed by atoms with Gasteiger partial charge in [0.25, 0.3) is 0 Å². The normalized spacial score (nSPS) is 10.8. The Morgan fingerprint density at radius 2 is 2.17 bits per heavy atom. The molecule has 2 heterocycles. The largest absolute Gasteiger partial charge is 0.465 e. The fraction of sp³-hybridized carbons (Fsp3) is 0.353. The van der Waals surface area contributed by atoms with Crippen molar-refractivity contribution in [3.8, 4) is 11.3 Å². The molecular weight excluding hydrogens is 305 g/mol. The second-order valence-corrected chi connectivity index (χ2v) is 5.59. The van der Waals surface area contributed by atoms with Crippen LogP contribution in [0.1, 0.15) is 28.4 Å². The molecule has 0 aliphatic heterocycles. The molecule has 0 radical (unpaired) electrons. The molecule has 0 amide bonds. The summed E-state index contributed by atoms with van der Waals surface area (Å²) in [5.74, 6) is -0.397. The van der Waals surface area contributed by atoms with Crippen LogP contribution in [0.15, 0.2) is 30.7 Å². The first-order valence-electron chi connectivity index (χ1n) is 7.88. The molecule has 0 atom stereocenters. The monoisotopic (exact) mass is 327 g/mol. The molecule has 0 bridgehead atoms. The highest BCUT2D eigenvalue weighted by Gasteiger charge is 2.17. The van der Waals surface area contributed by atoms with Gasteiger partial charge >= 0.3 is 13.0 Å². The molecule has 6 nitrogen and oxygen atoms in total. The summed E-state index contributed by atoms with van der Waals surface area (Å²) in [5, 5.41) is 9.82. The Morgan fingerprint density at radius 3 is 2.79 bits per heavy atom. The molecule has 0 fully saturated rings. The molecule has 2 aromatic rings. The highest BCUT2D eigenvalue weighted by Crippen LogP contribution is 2.24. The second kappa shape index (κ2) is 8.03. The molecule has 0 saturated heterocycles. The van der Waals surface area contributed by atoms with Crippen LogP contribution in [0.5, 0.6) is 0 Å². The van der Waals surface area contributed by atoms with Gasteiger partial charge in [0.15, 0.2) is 0 Å². The van der Waals surface area contributed by atoms with Crippen molar-refractivity contribution >= 4 is 13.0 Å². The molecule has 7 heteroatoms. The van der Waals surface area contributed by atoms with E-state index in [0.29, 0.717) is 17.8 Å². The van der Waals surface area contributed by atoms with Gasteiger partial charge < -0.3 is 14.6 Å². The van der Waals surface area contributed by atoms with E-state index in [2.05, 4.69) is 9.97 Å². The maximum absolute atomic E-state index is 11.7. The summed E-state index contributed by atoms with van der Waals surface area (Å²) in [5.41, 5.74) is 4.02. The minimum atomic E-state index is -0.529. The maximum Gasteiger partial charge on any atom is 0.376 e. The first kappa shape index (κ1) is 18.1. The van der Waals surface area contributed by atoms with Gasteiger partial charge in [-0.25, -0.2) is 4.79 Å². The summed E-state index contributed by atoms with van der Waals surface area (Å²) in [6.07, 6.45) is 5.12. The predicted molar refractivity (Wildman–Crippen MR) is 93.5 cm³/mol. The van der Waals surface area contributed by atoms with Gasteiger partial charge in [-0.3, -0.25) is 9.97 Å². The molecule has 0 unspecified atom stereocenters. The van der Waals surface area contributed by atoms with E-state index in [1.54, 1.807) is 37.5 Å². The molecule has 1 N–H and O–H groups in total. The Labute approximate surface area is 142 Å². The summed E-state index contributed by atoms with van der Waals surface area (Å²) < 4.78 is 4.76. The zero-order valence-corrected chi connectivity index (χ0v) is 14.5. The number of ether oxygens (including phenoxy) is 1. The molecule has 126 valence electrons. The quantitative estimate of drug-likeness (QED) is 0.647. The van der Waals surface area contributed by atoms with Crippen molar-refractivity contribution in [2.75, 3.05) is 13.7 Å². The number of nitrogens with zero attached hydrogens (tertiary/aromatic N) is 3.